The normalized spacial score (nSPS) is 24.3. The van der Waals surface area contributed by atoms with E-state index in [1.165, 1.54) is 55.2 Å². The number of carboxylic acid groups (broad SMARTS) is 1. The summed E-state index contributed by atoms with van der Waals surface area (Å²) in [4.78, 5) is 24.6. The summed E-state index contributed by atoms with van der Waals surface area (Å²) in [6.45, 7) is 9.65. The van der Waals surface area contributed by atoms with E-state index in [0.29, 0.717) is 18.4 Å². The Morgan fingerprint density at radius 1 is 1.09 bits per heavy atom. The van der Waals surface area contributed by atoms with Crippen molar-refractivity contribution in [2.75, 3.05) is 6.61 Å². The third-order valence-corrected chi connectivity index (χ3v) is 8.45. The number of carbonyl (C=O) groups is 1. The summed E-state index contributed by atoms with van der Waals surface area (Å²) >= 11 is 0. The number of aromatic carboxylic acids is 1. The second-order valence-corrected chi connectivity index (χ2v) is 11.7. The number of fused-ring (bicyclic) bond motifs is 5. The molecule has 182 valence electrons. The third kappa shape index (κ3) is 3.87. The van der Waals surface area contributed by atoms with Gasteiger partial charge in [0.2, 0.25) is 0 Å². The number of rotatable bonds is 2. The third-order valence-electron chi connectivity index (χ3n) is 8.45. The number of benzene rings is 1. The largest absolute Gasteiger partial charge is 0.493 e. The molecule has 34 heavy (non-hydrogen) atoms. The maximum atomic E-state index is 12.8. The summed E-state index contributed by atoms with van der Waals surface area (Å²) in [5, 5.41) is 9.64. The highest BCUT2D eigenvalue weighted by Gasteiger charge is 2.38. The Labute approximate surface area is 202 Å². The van der Waals surface area contributed by atoms with Crippen molar-refractivity contribution in [3.63, 3.8) is 0 Å². The molecule has 1 aliphatic carbocycles. The van der Waals surface area contributed by atoms with E-state index < -0.39 is 11.4 Å². The van der Waals surface area contributed by atoms with Gasteiger partial charge in [-0.1, -0.05) is 59.8 Å². The molecule has 1 saturated carbocycles. The molecule has 0 saturated heterocycles. The van der Waals surface area contributed by atoms with Crippen LogP contribution in [0, 0.1) is 11.3 Å². The molecule has 3 aliphatic rings. The molecule has 1 fully saturated rings. The smallest absolute Gasteiger partial charge is 0.341 e. The van der Waals surface area contributed by atoms with E-state index in [2.05, 4.69) is 38.3 Å². The van der Waals surface area contributed by atoms with Gasteiger partial charge in [-0.3, -0.25) is 4.79 Å². The summed E-state index contributed by atoms with van der Waals surface area (Å²) in [6.07, 6.45) is 10.9. The molecular weight excluding hydrogens is 426 g/mol. The minimum atomic E-state index is -1.16. The first-order chi connectivity index (χ1) is 16.2. The molecule has 0 bridgehead atoms. The van der Waals surface area contributed by atoms with Gasteiger partial charge in [0.25, 0.3) is 0 Å². The monoisotopic (exact) mass is 463 g/mol. The van der Waals surface area contributed by atoms with E-state index in [9.17, 15) is 14.7 Å². The van der Waals surface area contributed by atoms with Gasteiger partial charge in [-0.25, -0.2) is 4.79 Å². The zero-order valence-corrected chi connectivity index (χ0v) is 20.9. The van der Waals surface area contributed by atoms with Gasteiger partial charge >= 0.3 is 5.97 Å². The lowest BCUT2D eigenvalue weighted by atomic mass is 9.73. The Hall–Kier alpha value is -2.56. The minimum Gasteiger partial charge on any atom is -0.493 e. The molecule has 5 heteroatoms. The number of nitrogens with zero attached hydrogens (tertiary/aromatic N) is 1. The van der Waals surface area contributed by atoms with Crippen LogP contribution in [0.4, 0.5) is 0 Å². The fraction of sp³-hybridized carbons (Fsp3) is 0.586. The van der Waals surface area contributed by atoms with Gasteiger partial charge in [0.15, 0.2) is 5.43 Å². The van der Waals surface area contributed by atoms with E-state index in [4.69, 9.17) is 4.74 Å². The molecule has 5 rings (SSSR count). The van der Waals surface area contributed by atoms with Crippen molar-refractivity contribution in [1.29, 1.82) is 0 Å². The first kappa shape index (κ1) is 23.2. The average molecular weight is 464 g/mol. The SMILES string of the molecule is CC1CCCCCCC1c1cc2c(c3c1OCC3)C[C@@H](C(C)(C)C)n1cc(C(=O)O)c(=O)cc1-2. The number of ether oxygens (including phenoxy) is 1. The summed E-state index contributed by atoms with van der Waals surface area (Å²) in [7, 11) is 0. The van der Waals surface area contributed by atoms with Crippen LogP contribution >= 0.6 is 0 Å². The van der Waals surface area contributed by atoms with Crippen molar-refractivity contribution in [3.05, 3.63) is 50.8 Å². The van der Waals surface area contributed by atoms with E-state index in [1.807, 2.05) is 0 Å². The average Bonchev–Trinajstić information content (AvgIpc) is 3.25. The van der Waals surface area contributed by atoms with Crippen LogP contribution in [0.5, 0.6) is 5.75 Å². The first-order valence-electron chi connectivity index (χ1n) is 13.0. The first-order valence-corrected chi connectivity index (χ1v) is 13.0. The summed E-state index contributed by atoms with van der Waals surface area (Å²) in [5.74, 6) is 0.984. The molecule has 2 aromatic rings. The Morgan fingerprint density at radius 3 is 2.53 bits per heavy atom. The number of hydrogen-bond acceptors (Lipinski definition) is 3. The second-order valence-electron chi connectivity index (χ2n) is 11.7. The molecule has 3 atom stereocenters. The second kappa shape index (κ2) is 8.58. The minimum absolute atomic E-state index is 0.0598. The molecule has 0 spiro atoms. The van der Waals surface area contributed by atoms with Crippen molar-refractivity contribution in [1.82, 2.24) is 4.57 Å². The van der Waals surface area contributed by atoms with Crippen LogP contribution < -0.4 is 10.2 Å². The summed E-state index contributed by atoms with van der Waals surface area (Å²) < 4.78 is 8.38. The lowest BCUT2D eigenvalue weighted by Gasteiger charge is -2.40. The lowest BCUT2D eigenvalue weighted by molar-refractivity contribution is 0.0693. The van der Waals surface area contributed by atoms with Crippen LogP contribution in [0.25, 0.3) is 11.3 Å². The standard InChI is InChI=1S/C29H37NO4/c1-17-9-7-5-6-8-10-18(17)22-13-21-20(19-11-12-34-27(19)22)14-26(29(2,3)4)30-16-23(28(32)33)25(31)15-24(21)30/h13,15-18,26H,5-12,14H2,1-4H3,(H,32,33)/t17?,18?,26-/m0/s1. The van der Waals surface area contributed by atoms with E-state index in [0.717, 1.165) is 29.8 Å². The number of carboxylic acids is 1. The zero-order chi connectivity index (χ0) is 24.2. The van der Waals surface area contributed by atoms with Crippen LogP contribution in [-0.2, 0) is 12.8 Å². The van der Waals surface area contributed by atoms with E-state index in [1.54, 1.807) is 12.3 Å². The molecule has 5 nitrogen and oxygen atoms in total. The number of aromatic nitrogens is 1. The fourth-order valence-corrected chi connectivity index (χ4v) is 6.54. The quantitative estimate of drug-likeness (QED) is 0.562. The number of pyridine rings is 1. The van der Waals surface area contributed by atoms with Gasteiger partial charge < -0.3 is 14.4 Å². The van der Waals surface area contributed by atoms with Crippen molar-refractivity contribution in [2.45, 2.75) is 91.0 Å². The van der Waals surface area contributed by atoms with Crippen molar-refractivity contribution in [3.8, 4) is 17.0 Å². The molecule has 1 aromatic carbocycles. The van der Waals surface area contributed by atoms with Gasteiger partial charge in [0, 0.05) is 35.9 Å². The number of hydrogen-bond donors (Lipinski definition) is 1. The van der Waals surface area contributed by atoms with E-state index >= 15 is 0 Å². The molecule has 2 unspecified atom stereocenters. The zero-order valence-electron chi connectivity index (χ0n) is 20.9. The van der Waals surface area contributed by atoms with Crippen molar-refractivity contribution >= 4 is 5.97 Å². The molecule has 2 aliphatic heterocycles. The van der Waals surface area contributed by atoms with Gasteiger partial charge in [0.1, 0.15) is 11.3 Å². The van der Waals surface area contributed by atoms with Gasteiger partial charge in [0.05, 0.1) is 12.3 Å². The van der Waals surface area contributed by atoms with Crippen LogP contribution in [0.3, 0.4) is 0 Å². The molecular formula is C29H37NO4. The summed E-state index contributed by atoms with van der Waals surface area (Å²) in [5.41, 5.74) is 5.19. The van der Waals surface area contributed by atoms with Crippen LogP contribution in [0.15, 0.2) is 23.1 Å². The molecule has 0 amide bonds. The highest BCUT2D eigenvalue weighted by molar-refractivity contribution is 5.88. The van der Waals surface area contributed by atoms with Gasteiger partial charge in [-0.15, -0.1) is 0 Å². The summed E-state index contributed by atoms with van der Waals surface area (Å²) in [6, 6.07) is 3.92. The maximum absolute atomic E-state index is 12.8. The molecule has 1 aromatic heterocycles. The Kier molecular flexibility index (Phi) is 5.86. The molecule has 3 heterocycles. The maximum Gasteiger partial charge on any atom is 0.341 e. The molecule has 1 N–H and O–H groups in total. The van der Waals surface area contributed by atoms with Crippen molar-refractivity contribution < 1.29 is 14.6 Å². The van der Waals surface area contributed by atoms with Gasteiger partial charge in [-0.2, -0.15) is 0 Å². The predicted octanol–water partition coefficient (Wildman–Crippen LogP) is 6.37. The predicted molar refractivity (Wildman–Crippen MR) is 134 cm³/mol. The van der Waals surface area contributed by atoms with Crippen LogP contribution in [0.2, 0.25) is 0 Å². The lowest BCUT2D eigenvalue weighted by Crippen LogP contribution is -2.33. The molecule has 0 radical (unpaired) electrons. The van der Waals surface area contributed by atoms with Crippen LogP contribution in [0.1, 0.15) is 105 Å². The Balaban J connectivity index is 1.74. The highest BCUT2D eigenvalue weighted by Crippen LogP contribution is 2.50. The van der Waals surface area contributed by atoms with E-state index in [-0.39, 0.29) is 17.0 Å². The topological polar surface area (TPSA) is 68.5 Å². The van der Waals surface area contributed by atoms with Gasteiger partial charge in [-0.05, 0) is 47.3 Å². The van der Waals surface area contributed by atoms with Crippen molar-refractivity contribution in [2.24, 2.45) is 11.3 Å². The highest BCUT2D eigenvalue weighted by atomic mass is 16.5. The fourth-order valence-electron chi connectivity index (χ4n) is 6.54. The Morgan fingerprint density at radius 2 is 1.82 bits per heavy atom. The Bertz CT molecular complexity index is 1190. The van der Waals surface area contributed by atoms with Crippen LogP contribution in [-0.4, -0.2) is 22.2 Å².